The summed E-state index contributed by atoms with van der Waals surface area (Å²) in [5, 5.41) is 3.18. The Morgan fingerprint density at radius 1 is 0.846 bits per heavy atom. The van der Waals surface area contributed by atoms with Crippen molar-refractivity contribution in [2.75, 3.05) is 26.2 Å². The quantitative estimate of drug-likeness (QED) is 0.819. The molecular weight excluding hydrogens is 326 g/mol. The monoisotopic (exact) mass is 361 g/mol. The number of rotatable bonds is 5. The highest BCUT2D eigenvalue weighted by atomic mass is 16.2. The molecule has 0 aromatic carbocycles. The highest BCUT2D eigenvalue weighted by Crippen LogP contribution is 2.29. The summed E-state index contributed by atoms with van der Waals surface area (Å²) in [6, 6.07) is 1.02. The predicted octanol–water partition coefficient (Wildman–Crippen LogP) is 2.55. The number of carbonyl (C=O) groups excluding carboxylic acids is 2. The van der Waals surface area contributed by atoms with Crippen molar-refractivity contribution in [2.45, 2.75) is 82.7 Å². The van der Waals surface area contributed by atoms with Crippen molar-refractivity contribution in [3.63, 3.8) is 0 Å². The summed E-state index contributed by atoms with van der Waals surface area (Å²) >= 11 is 0. The molecule has 0 aromatic heterocycles. The standard InChI is InChI=1S/C21H35N3O2/c25-20(14-16-4-1-2-5-16)23-12-9-19(10-13-23)24-11-3-6-17(15-24)21(26)22-18-7-8-18/h16-19H,1-15H2,(H,22,26). The van der Waals surface area contributed by atoms with Crippen molar-refractivity contribution >= 4 is 11.8 Å². The average Bonchev–Trinajstić information content (AvgIpc) is 3.34. The lowest BCUT2D eigenvalue weighted by molar-refractivity contribution is -0.133. The van der Waals surface area contributed by atoms with Crippen LogP contribution in [-0.2, 0) is 9.59 Å². The molecule has 5 heteroatoms. The van der Waals surface area contributed by atoms with Crippen molar-refractivity contribution in [2.24, 2.45) is 11.8 Å². The molecule has 1 N–H and O–H groups in total. The van der Waals surface area contributed by atoms with Gasteiger partial charge in [-0.3, -0.25) is 14.5 Å². The minimum atomic E-state index is 0.173. The first-order valence-electron chi connectivity index (χ1n) is 11.0. The minimum Gasteiger partial charge on any atom is -0.353 e. The summed E-state index contributed by atoms with van der Waals surface area (Å²) < 4.78 is 0. The number of piperidine rings is 2. The molecule has 26 heavy (non-hydrogen) atoms. The van der Waals surface area contributed by atoms with Gasteiger partial charge in [-0.1, -0.05) is 12.8 Å². The van der Waals surface area contributed by atoms with E-state index in [2.05, 4.69) is 15.1 Å². The Morgan fingerprint density at radius 3 is 2.27 bits per heavy atom. The fourth-order valence-electron chi connectivity index (χ4n) is 5.17. The van der Waals surface area contributed by atoms with Crippen molar-refractivity contribution in [3.05, 3.63) is 0 Å². The van der Waals surface area contributed by atoms with Crippen LogP contribution >= 0.6 is 0 Å². The SMILES string of the molecule is O=C(NC1CC1)C1CCCN(C2CCN(C(=O)CC3CCCC3)CC2)C1. The molecule has 0 radical (unpaired) electrons. The molecular formula is C21H35N3O2. The van der Waals surface area contributed by atoms with Crippen LogP contribution in [0.4, 0.5) is 0 Å². The van der Waals surface area contributed by atoms with E-state index in [1.807, 2.05) is 0 Å². The Morgan fingerprint density at radius 2 is 1.58 bits per heavy atom. The third kappa shape index (κ3) is 4.59. The zero-order valence-electron chi connectivity index (χ0n) is 16.1. The second kappa shape index (κ2) is 8.28. The van der Waals surface area contributed by atoms with Crippen LogP contribution in [0.15, 0.2) is 0 Å². The second-order valence-electron chi connectivity index (χ2n) is 9.08. The molecule has 2 saturated carbocycles. The maximum atomic E-state index is 12.5. The van der Waals surface area contributed by atoms with E-state index in [0.29, 0.717) is 23.9 Å². The number of amides is 2. The van der Waals surface area contributed by atoms with E-state index in [-0.39, 0.29) is 11.8 Å². The Labute approximate surface area is 157 Å². The molecule has 2 aliphatic carbocycles. The zero-order valence-corrected chi connectivity index (χ0v) is 16.1. The smallest absolute Gasteiger partial charge is 0.224 e. The molecule has 2 amide bonds. The lowest BCUT2D eigenvalue weighted by Gasteiger charge is -2.42. The maximum Gasteiger partial charge on any atom is 0.224 e. The van der Waals surface area contributed by atoms with Crippen molar-refractivity contribution in [3.8, 4) is 0 Å². The van der Waals surface area contributed by atoms with Gasteiger partial charge in [0.2, 0.25) is 11.8 Å². The van der Waals surface area contributed by atoms with E-state index < -0.39 is 0 Å². The van der Waals surface area contributed by atoms with E-state index >= 15 is 0 Å². The van der Waals surface area contributed by atoms with Crippen LogP contribution in [0.5, 0.6) is 0 Å². The number of hydrogen-bond donors (Lipinski definition) is 1. The number of nitrogens with zero attached hydrogens (tertiary/aromatic N) is 2. The Bertz CT molecular complexity index is 505. The maximum absolute atomic E-state index is 12.5. The second-order valence-corrected chi connectivity index (χ2v) is 9.08. The molecule has 0 bridgehead atoms. The Balaban J connectivity index is 1.22. The van der Waals surface area contributed by atoms with Gasteiger partial charge in [0.05, 0.1) is 5.92 Å². The van der Waals surface area contributed by atoms with Crippen LogP contribution in [0.3, 0.4) is 0 Å². The first-order chi connectivity index (χ1) is 12.7. The van der Waals surface area contributed by atoms with Gasteiger partial charge in [0, 0.05) is 38.1 Å². The molecule has 1 atom stereocenters. The Kier molecular flexibility index (Phi) is 5.82. The van der Waals surface area contributed by atoms with Crippen molar-refractivity contribution in [1.82, 2.24) is 15.1 Å². The molecule has 4 aliphatic rings. The summed E-state index contributed by atoms with van der Waals surface area (Å²) in [5.41, 5.74) is 0. The summed E-state index contributed by atoms with van der Waals surface area (Å²) in [4.78, 5) is 29.6. The molecule has 2 aliphatic heterocycles. The van der Waals surface area contributed by atoms with Gasteiger partial charge in [0.25, 0.3) is 0 Å². The number of nitrogens with one attached hydrogen (secondary N) is 1. The average molecular weight is 362 g/mol. The highest BCUT2D eigenvalue weighted by molar-refractivity contribution is 5.79. The largest absolute Gasteiger partial charge is 0.353 e. The van der Waals surface area contributed by atoms with Crippen LogP contribution in [0, 0.1) is 11.8 Å². The van der Waals surface area contributed by atoms with Crippen LogP contribution in [0.2, 0.25) is 0 Å². The molecule has 2 heterocycles. The van der Waals surface area contributed by atoms with E-state index in [4.69, 9.17) is 0 Å². The van der Waals surface area contributed by atoms with Crippen LogP contribution < -0.4 is 5.32 Å². The molecule has 0 aromatic rings. The lowest BCUT2D eigenvalue weighted by Crippen LogP contribution is -2.51. The normalized spacial score (nSPS) is 29.1. The van der Waals surface area contributed by atoms with Crippen molar-refractivity contribution < 1.29 is 9.59 Å². The topological polar surface area (TPSA) is 52.7 Å². The Hall–Kier alpha value is -1.10. The molecule has 1 unspecified atom stereocenters. The van der Waals surface area contributed by atoms with E-state index in [1.54, 1.807) is 0 Å². The lowest BCUT2D eigenvalue weighted by atomic mass is 9.93. The van der Waals surface area contributed by atoms with Crippen molar-refractivity contribution in [1.29, 1.82) is 0 Å². The van der Waals surface area contributed by atoms with Gasteiger partial charge < -0.3 is 10.2 Å². The number of carbonyl (C=O) groups is 2. The molecule has 146 valence electrons. The number of likely N-dealkylation sites (tertiary alicyclic amines) is 2. The van der Waals surface area contributed by atoms with Crippen LogP contribution in [0.1, 0.15) is 70.6 Å². The molecule has 2 saturated heterocycles. The van der Waals surface area contributed by atoms with Crippen LogP contribution in [0.25, 0.3) is 0 Å². The van der Waals surface area contributed by atoms with E-state index in [1.165, 1.54) is 25.7 Å². The predicted molar refractivity (Wildman–Crippen MR) is 102 cm³/mol. The molecule has 5 nitrogen and oxygen atoms in total. The summed E-state index contributed by atoms with van der Waals surface area (Å²) in [7, 11) is 0. The minimum absolute atomic E-state index is 0.173. The molecule has 0 spiro atoms. The summed E-state index contributed by atoms with van der Waals surface area (Å²) in [6.07, 6.45) is 12.5. The summed E-state index contributed by atoms with van der Waals surface area (Å²) in [5.74, 6) is 1.48. The first kappa shape index (κ1) is 18.3. The first-order valence-corrected chi connectivity index (χ1v) is 11.0. The fraction of sp³-hybridized carbons (Fsp3) is 0.905. The summed E-state index contributed by atoms with van der Waals surface area (Å²) in [6.45, 7) is 3.85. The van der Waals surface area contributed by atoms with Gasteiger partial charge in [-0.15, -0.1) is 0 Å². The van der Waals surface area contributed by atoms with Gasteiger partial charge in [-0.05, 0) is 63.8 Å². The van der Waals surface area contributed by atoms with Crippen LogP contribution in [-0.4, -0.2) is 59.9 Å². The fourth-order valence-corrected chi connectivity index (χ4v) is 5.17. The van der Waals surface area contributed by atoms with Gasteiger partial charge in [0.1, 0.15) is 0 Å². The van der Waals surface area contributed by atoms with Gasteiger partial charge in [0.15, 0.2) is 0 Å². The zero-order chi connectivity index (χ0) is 17.9. The molecule has 4 fully saturated rings. The third-order valence-electron chi connectivity index (χ3n) is 7.02. The van der Waals surface area contributed by atoms with E-state index in [9.17, 15) is 9.59 Å². The van der Waals surface area contributed by atoms with Gasteiger partial charge in [-0.25, -0.2) is 0 Å². The highest BCUT2D eigenvalue weighted by Gasteiger charge is 2.34. The third-order valence-corrected chi connectivity index (χ3v) is 7.02. The number of hydrogen-bond acceptors (Lipinski definition) is 3. The van der Waals surface area contributed by atoms with E-state index in [0.717, 1.165) is 71.1 Å². The van der Waals surface area contributed by atoms with Gasteiger partial charge in [-0.2, -0.15) is 0 Å². The molecule has 4 rings (SSSR count). The van der Waals surface area contributed by atoms with Gasteiger partial charge >= 0.3 is 0 Å².